The summed E-state index contributed by atoms with van der Waals surface area (Å²) in [4.78, 5) is 11.6. The van der Waals surface area contributed by atoms with Gasteiger partial charge in [0.2, 0.25) is 0 Å². The van der Waals surface area contributed by atoms with E-state index in [0.29, 0.717) is 23.7 Å². The molecular weight excluding hydrogens is 246 g/mol. The summed E-state index contributed by atoms with van der Waals surface area (Å²) in [6.45, 7) is 0. The molecule has 6 heteroatoms. The molecule has 0 amide bonds. The van der Waals surface area contributed by atoms with Gasteiger partial charge in [-0.25, -0.2) is 9.89 Å². The molecule has 1 aromatic carbocycles. The molecule has 1 aliphatic heterocycles. The molecular formula is C13H13N3O3. The number of hydrogen-bond acceptors (Lipinski definition) is 4. The second kappa shape index (κ2) is 4.31. The maximum Gasteiger partial charge on any atom is 0.347 e. The summed E-state index contributed by atoms with van der Waals surface area (Å²) >= 11 is 0. The van der Waals surface area contributed by atoms with Gasteiger partial charge in [0.15, 0.2) is 11.5 Å². The van der Waals surface area contributed by atoms with E-state index in [1.807, 2.05) is 18.2 Å². The zero-order valence-corrected chi connectivity index (χ0v) is 10.6. The van der Waals surface area contributed by atoms with E-state index in [1.54, 1.807) is 20.4 Å². The number of methoxy groups -OCH3 is 2. The van der Waals surface area contributed by atoms with Crippen LogP contribution in [0.4, 0.5) is 0 Å². The fourth-order valence-electron chi connectivity index (χ4n) is 2.19. The van der Waals surface area contributed by atoms with Crippen molar-refractivity contribution in [3.63, 3.8) is 0 Å². The number of H-pyrrole nitrogens is 1. The summed E-state index contributed by atoms with van der Waals surface area (Å²) in [5.74, 6) is 2.01. The third-order valence-electron chi connectivity index (χ3n) is 3.17. The average Bonchev–Trinajstić information content (AvgIpc) is 2.68. The standard InChI is InChI=1S/C13H13N3O3/c1-18-10-5-8-3-4-16-12(14-15-13(16)17)7-9(8)6-11(10)19-2/h3-6H,7H2,1-2H3,(H,15,17). The predicted octanol–water partition coefficient (Wildman–Crippen LogP) is 1.12. The zero-order chi connectivity index (χ0) is 13.4. The van der Waals surface area contributed by atoms with Gasteiger partial charge in [0, 0.05) is 12.6 Å². The molecule has 0 atom stereocenters. The van der Waals surface area contributed by atoms with Crippen molar-refractivity contribution in [3.8, 4) is 11.5 Å². The fraction of sp³-hybridized carbons (Fsp3) is 0.231. The van der Waals surface area contributed by atoms with Gasteiger partial charge in [0.25, 0.3) is 0 Å². The van der Waals surface area contributed by atoms with Crippen molar-refractivity contribution in [2.24, 2.45) is 0 Å². The van der Waals surface area contributed by atoms with Gasteiger partial charge in [0.05, 0.1) is 14.2 Å². The maximum atomic E-state index is 11.6. The van der Waals surface area contributed by atoms with Crippen LogP contribution in [0.2, 0.25) is 0 Å². The maximum absolute atomic E-state index is 11.6. The summed E-state index contributed by atoms with van der Waals surface area (Å²) in [6, 6.07) is 3.80. The Morgan fingerprint density at radius 1 is 1.26 bits per heavy atom. The van der Waals surface area contributed by atoms with Gasteiger partial charge in [-0.05, 0) is 29.3 Å². The van der Waals surface area contributed by atoms with Crippen molar-refractivity contribution in [3.05, 3.63) is 39.6 Å². The second-order valence-corrected chi connectivity index (χ2v) is 4.21. The molecule has 3 rings (SSSR count). The van der Waals surface area contributed by atoms with Crippen molar-refractivity contribution in [2.75, 3.05) is 14.2 Å². The quantitative estimate of drug-likeness (QED) is 0.748. The molecule has 1 N–H and O–H groups in total. The van der Waals surface area contributed by atoms with Crippen molar-refractivity contribution < 1.29 is 9.47 Å². The molecule has 0 fully saturated rings. The van der Waals surface area contributed by atoms with Crippen molar-refractivity contribution in [1.29, 1.82) is 0 Å². The first-order chi connectivity index (χ1) is 9.22. The highest BCUT2D eigenvalue weighted by molar-refractivity contribution is 5.68. The Morgan fingerprint density at radius 3 is 2.74 bits per heavy atom. The van der Waals surface area contributed by atoms with Crippen LogP contribution in [0, 0.1) is 0 Å². The first-order valence-electron chi connectivity index (χ1n) is 5.82. The Kier molecular flexibility index (Phi) is 2.63. The van der Waals surface area contributed by atoms with E-state index in [2.05, 4.69) is 10.2 Å². The molecule has 1 aromatic heterocycles. The minimum atomic E-state index is -0.238. The molecule has 0 bridgehead atoms. The van der Waals surface area contributed by atoms with Crippen molar-refractivity contribution >= 4 is 12.3 Å². The largest absolute Gasteiger partial charge is 0.493 e. The van der Waals surface area contributed by atoms with Gasteiger partial charge in [-0.3, -0.25) is 4.57 Å². The van der Waals surface area contributed by atoms with E-state index >= 15 is 0 Å². The lowest BCUT2D eigenvalue weighted by Crippen LogP contribution is -2.12. The van der Waals surface area contributed by atoms with Crippen LogP contribution in [0.1, 0.15) is 17.0 Å². The van der Waals surface area contributed by atoms with Crippen LogP contribution in [-0.4, -0.2) is 29.0 Å². The van der Waals surface area contributed by atoms with Gasteiger partial charge < -0.3 is 9.47 Å². The van der Waals surface area contributed by atoms with Crippen LogP contribution in [-0.2, 0) is 6.42 Å². The lowest BCUT2D eigenvalue weighted by atomic mass is 10.0. The minimum absolute atomic E-state index is 0.238. The number of nitrogens with one attached hydrogen (secondary N) is 1. The molecule has 2 heterocycles. The monoisotopic (exact) mass is 259 g/mol. The molecule has 0 unspecified atom stereocenters. The van der Waals surface area contributed by atoms with E-state index in [0.717, 1.165) is 11.1 Å². The fourth-order valence-corrected chi connectivity index (χ4v) is 2.19. The van der Waals surface area contributed by atoms with Crippen LogP contribution < -0.4 is 15.2 Å². The van der Waals surface area contributed by atoms with E-state index in [-0.39, 0.29) is 5.69 Å². The lowest BCUT2D eigenvalue weighted by molar-refractivity contribution is 0.354. The molecule has 0 spiro atoms. The number of aromatic nitrogens is 3. The Hall–Kier alpha value is -2.50. The molecule has 0 radical (unpaired) electrons. The van der Waals surface area contributed by atoms with Crippen LogP contribution in [0.3, 0.4) is 0 Å². The SMILES string of the molecule is COc1cc2c(cc1OC)Cc1n[nH]c(=O)n1C=C2. The van der Waals surface area contributed by atoms with E-state index in [1.165, 1.54) is 4.57 Å². The number of benzene rings is 1. The van der Waals surface area contributed by atoms with E-state index < -0.39 is 0 Å². The van der Waals surface area contributed by atoms with E-state index in [9.17, 15) is 4.79 Å². The molecule has 0 aliphatic carbocycles. The van der Waals surface area contributed by atoms with Crippen molar-refractivity contribution in [1.82, 2.24) is 14.8 Å². The number of fused-ring (bicyclic) bond motifs is 2. The van der Waals surface area contributed by atoms with Gasteiger partial charge in [-0.1, -0.05) is 0 Å². The summed E-state index contributed by atoms with van der Waals surface area (Å²) in [5, 5.41) is 6.45. The third-order valence-corrected chi connectivity index (χ3v) is 3.17. The van der Waals surface area contributed by atoms with E-state index in [4.69, 9.17) is 9.47 Å². The number of hydrogen-bond donors (Lipinski definition) is 1. The summed E-state index contributed by atoms with van der Waals surface area (Å²) in [7, 11) is 3.20. The smallest absolute Gasteiger partial charge is 0.347 e. The van der Waals surface area contributed by atoms with Gasteiger partial charge in [-0.15, -0.1) is 0 Å². The molecule has 1 aliphatic rings. The molecule has 6 nitrogen and oxygen atoms in total. The molecule has 2 aromatic rings. The Bertz CT molecular complexity index is 712. The molecule has 19 heavy (non-hydrogen) atoms. The topological polar surface area (TPSA) is 69.1 Å². The number of ether oxygens (including phenoxy) is 2. The Balaban J connectivity index is 2.16. The number of nitrogens with zero attached hydrogens (tertiary/aromatic N) is 2. The minimum Gasteiger partial charge on any atom is -0.493 e. The summed E-state index contributed by atoms with van der Waals surface area (Å²) in [6.07, 6.45) is 4.13. The zero-order valence-electron chi connectivity index (χ0n) is 10.6. The van der Waals surface area contributed by atoms with Gasteiger partial charge in [-0.2, -0.15) is 5.10 Å². The third kappa shape index (κ3) is 1.81. The Morgan fingerprint density at radius 2 is 2.00 bits per heavy atom. The lowest BCUT2D eigenvalue weighted by Gasteiger charge is -2.11. The Labute approximate surface area is 109 Å². The van der Waals surface area contributed by atoms with Crippen LogP contribution in [0.5, 0.6) is 11.5 Å². The highest BCUT2D eigenvalue weighted by atomic mass is 16.5. The van der Waals surface area contributed by atoms with Crippen LogP contribution in [0.25, 0.3) is 12.3 Å². The number of aromatic amines is 1. The molecule has 98 valence electrons. The molecule has 0 saturated carbocycles. The van der Waals surface area contributed by atoms with Crippen LogP contribution >= 0.6 is 0 Å². The average molecular weight is 259 g/mol. The van der Waals surface area contributed by atoms with Gasteiger partial charge >= 0.3 is 5.69 Å². The number of rotatable bonds is 2. The van der Waals surface area contributed by atoms with Crippen molar-refractivity contribution in [2.45, 2.75) is 6.42 Å². The highest BCUT2D eigenvalue weighted by Gasteiger charge is 2.16. The summed E-state index contributed by atoms with van der Waals surface area (Å²) < 4.78 is 12.1. The predicted molar refractivity (Wildman–Crippen MR) is 70.4 cm³/mol. The second-order valence-electron chi connectivity index (χ2n) is 4.21. The van der Waals surface area contributed by atoms with Gasteiger partial charge in [0.1, 0.15) is 5.82 Å². The molecule has 0 saturated heterocycles. The highest BCUT2D eigenvalue weighted by Crippen LogP contribution is 2.33. The first-order valence-corrected chi connectivity index (χ1v) is 5.82. The summed E-state index contributed by atoms with van der Waals surface area (Å²) in [5.41, 5.74) is 1.78. The normalized spacial score (nSPS) is 12.5. The first kappa shape index (κ1) is 11.6. The van der Waals surface area contributed by atoms with Crippen LogP contribution in [0.15, 0.2) is 16.9 Å².